The fraction of sp³-hybridized carbons (Fsp3) is 0.562. The third-order valence-electron chi connectivity index (χ3n) is 3.59. The fourth-order valence-electron chi connectivity index (χ4n) is 2.49. The molecule has 0 aromatic heterocycles. The third-order valence-corrected chi connectivity index (χ3v) is 4.81. The van der Waals surface area contributed by atoms with Crippen LogP contribution in [0.3, 0.4) is 0 Å². The molecule has 1 aromatic rings. The van der Waals surface area contributed by atoms with E-state index in [1.807, 2.05) is 12.1 Å². The van der Waals surface area contributed by atoms with Crippen LogP contribution in [0.25, 0.3) is 0 Å². The van der Waals surface area contributed by atoms with Crippen molar-refractivity contribution in [3.63, 3.8) is 0 Å². The second kappa shape index (κ2) is 7.57. The molecule has 0 aliphatic heterocycles. The topological polar surface area (TPSA) is 44.0 Å². The molecular weight excluding hydrogens is 254 g/mol. The molecule has 2 nitrogen and oxygen atoms in total. The number of benzene rings is 1. The van der Waals surface area contributed by atoms with Gasteiger partial charge in [0.25, 0.3) is 0 Å². The highest BCUT2D eigenvalue weighted by molar-refractivity contribution is 7.99. The predicted molar refractivity (Wildman–Crippen MR) is 78.9 cm³/mol. The Morgan fingerprint density at radius 1 is 1.42 bits per heavy atom. The minimum Gasteiger partial charge on any atom is -0.387 e. The summed E-state index contributed by atoms with van der Waals surface area (Å²) in [7, 11) is 0. The molecule has 3 heteroatoms. The van der Waals surface area contributed by atoms with E-state index in [4.69, 9.17) is 8.00 Å². The van der Waals surface area contributed by atoms with Crippen molar-refractivity contribution in [3.05, 3.63) is 29.8 Å². The minimum atomic E-state index is -2.26. The first-order valence-electron chi connectivity index (χ1n) is 7.85. The Morgan fingerprint density at radius 3 is 2.95 bits per heavy atom. The van der Waals surface area contributed by atoms with E-state index >= 15 is 0 Å². The summed E-state index contributed by atoms with van der Waals surface area (Å²) >= 11 is 1.76. The van der Waals surface area contributed by atoms with Crippen LogP contribution in [0.2, 0.25) is 0 Å². The predicted octanol–water partition coefficient (Wildman–Crippen LogP) is 4.31. The highest BCUT2D eigenvalue weighted by Crippen LogP contribution is 2.31. The van der Waals surface area contributed by atoms with Gasteiger partial charge in [0.2, 0.25) is 0 Å². The first-order chi connectivity index (χ1) is 10.0. The van der Waals surface area contributed by atoms with E-state index in [2.05, 4.69) is 0 Å². The molecule has 102 valence electrons. The number of thioether (sulfide) groups is 1. The smallest absolute Gasteiger partial charge is 0.0920 e. The summed E-state index contributed by atoms with van der Waals surface area (Å²) in [5.74, 6) is 1.84. The zero-order valence-electron chi connectivity index (χ0n) is 13.0. The van der Waals surface area contributed by atoms with Crippen LogP contribution in [0.1, 0.15) is 52.9 Å². The zero-order valence-corrected chi connectivity index (χ0v) is 11.8. The maximum atomic E-state index is 9.98. The van der Waals surface area contributed by atoms with Gasteiger partial charge >= 0.3 is 0 Å². The Kier molecular flexibility index (Phi) is 4.71. The lowest BCUT2D eigenvalue weighted by Crippen LogP contribution is -2.08. The number of nitriles is 1. The summed E-state index contributed by atoms with van der Waals surface area (Å²) in [5.41, 5.74) is 0.468. The van der Waals surface area contributed by atoms with Gasteiger partial charge in [-0.3, -0.25) is 0 Å². The SMILES string of the molecule is [2H]C([2H])(C#N)C(O)c1cccc(SCC2CCCCC2)c1. The molecule has 0 amide bonds. The van der Waals surface area contributed by atoms with Crippen molar-refractivity contribution in [1.29, 1.82) is 5.26 Å². The monoisotopic (exact) mass is 277 g/mol. The van der Waals surface area contributed by atoms with Crippen molar-refractivity contribution in [2.75, 3.05) is 5.75 Å². The molecule has 1 fully saturated rings. The van der Waals surface area contributed by atoms with E-state index in [1.165, 1.54) is 38.2 Å². The Labute approximate surface area is 122 Å². The lowest BCUT2D eigenvalue weighted by molar-refractivity contribution is 0.183. The molecule has 1 aliphatic rings. The van der Waals surface area contributed by atoms with E-state index < -0.39 is 12.5 Å². The maximum absolute atomic E-state index is 9.98. The minimum absolute atomic E-state index is 0.468. The number of hydrogen-bond acceptors (Lipinski definition) is 3. The second-order valence-corrected chi connectivity index (χ2v) is 6.14. The van der Waals surface area contributed by atoms with Crippen LogP contribution in [0.4, 0.5) is 0 Å². The van der Waals surface area contributed by atoms with Crippen molar-refractivity contribution in [2.45, 2.75) is 49.5 Å². The lowest BCUT2D eigenvalue weighted by atomic mass is 9.91. The molecule has 1 aliphatic carbocycles. The van der Waals surface area contributed by atoms with E-state index in [-0.39, 0.29) is 0 Å². The van der Waals surface area contributed by atoms with Crippen LogP contribution >= 0.6 is 11.8 Å². The quantitative estimate of drug-likeness (QED) is 0.816. The average Bonchev–Trinajstić information content (AvgIpc) is 2.53. The summed E-state index contributed by atoms with van der Waals surface area (Å²) in [6.07, 6.45) is 2.94. The second-order valence-electron chi connectivity index (χ2n) is 5.05. The van der Waals surface area contributed by atoms with E-state index in [1.54, 1.807) is 23.9 Å². The normalized spacial score (nSPS) is 20.2. The summed E-state index contributed by atoms with van der Waals surface area (Å²) in [6.45, 7) is 0. The Morgan fingerprint density at radius 2 is 2.21 bits per heavy atom. The fourth-order valence-corrected chi connectivity index (χ4v) is 3.64. The van der Waals surface area contributed by atoms with Gasteiger partial charge < -0.3 is 5.11 Å². The maximum Gasteiger partial charge on any atom is 0.0920 e. The summed E-state index contributed by atoms with van der Waals surface area (Å²) in [6, 6.07) is 8.78. The van der Waals surface area contributed by atoms with Gasteiger partial charge in [0.15, 0.2) is 0 Å². The molecule has 0 heterocycles. The van der Waals surface area contributed by atoms with Gasteiger partial charge in [-0.05, 0) is 36.5 Å². The van der Waals surface area contributed by atoms with Crippen LogP contribution in [-0.2, 0) is 0 Å². The highest BCUT2D eigenvalue weighted by atomic mass is 32.2. The van der Waals surface area contributed by atoms with Crippen LogP contribution < -0.4 is 0 Å². The van der Waals surface area contributed by atoms with Gasteiger partial charge in [0.05, 0.1) is 18.5 Å². The van der Waals surface area contributed by atoms with Gasteiger partial charge in [-0.15, -0.1) is 11.8 Å². The summed E-state index contributed by atoms with van der Waals surface area (Å²) in [4.78, 5) is 1.03. The molecule has 0 saturated heterocycles. The summed E-state index contributed by atoms with van der Waals surface area (Å²) in [5, 5.41) is 18.8. The first kappa shape index (κ1) is 11.8. The Bertz CT molecular complexity index is 509. The third kappa shape index (κ3) is 4.56. The van der Waals surface area contributed by atoms with Crippen molar-refractivity contribution in [2.24, 2.45) is 5.92 Å². The molecule has 0 spiro atoms. The van der Waals surface area contributed by atoms with Crippen molar-refractivity contribution < 1.29 is 7.85 Å². The number of hydrogen-bond donors (Lipinski definition) is 1. The largest absolute Gasteiger partial charge is 0.387 e. The van der Waals surface area contributed by atoms with Crippen LogP contribution in [0.5, 0.6) is 0 Å². The Balaban J connectivity index is 1.99. The standard InChI is InChI=1S/C16H21NOS/c17-10-9-16(18)14-7-4-8-15(11-14)19-12-13-5-2-1-3-6-13/h4,7-8,11,13,16,18H,1-3,5-6,9,12H2/i9D2. The van der Waals surface area contributed by atoms with Gasteiger partial charge in [-0.1, -0.05) is 31.4 Å². The Hall–Kier alpha value is -0.980. The molecule has 19 heavy (non-hydrogen) atoms. The first-order valence-corrected chi connectivity index (χ1v) is 7.83. The van der Waals surface area contributed by atoms with Crippen molar-refractivity contribution in [1.82, 2.24) is 0 Å². The number of aliphatic hydroxyl groups is 1. The van der Waals surface area contributed by atoms with Crippen LogP contribution in [0.15, 0.2) is 29.2 Å². The molecule has 2 rings (SSSR count). The van der Waals surface area contributed by atoms with E-state index in [0.717, 1.165) is 16.6 Å². The van der Waals surface area contributed by atoms with Gasteiger partial charge in [0, 0.05) is 13.4 Å². The van der Waals surface area contributed by atoms with E-state index in [9.17, 15) is 5.11 Å². The number of nitrogens with zero attached hydrogens (tertiary/aromatic N) is 1. The molecule has 1 saturated carbocycles. The van der Waals surface area contributed by atoms with E-state index in [0.29, 0.717) is 5.56 Å². The van der Waals surface area contributed by atoms with Gasteiger partial charge in [0.1, 0.15) is 0 Å². The highest BCUT2D eigenvalue weighted by Gasteiger charge is 2.14. The lowest BCUT2D eigenvalue weighted by Gasteiger charge is -2.21. The zero-order chi connectivity index (χ0) is 15.3. The van der Waals surface area contributed by atoms with Gasteiger partial charge in [-0.25, -0.2) is 0 Å². The molecule has 0 radical (unpaired) electrons. The molecule has 0 bridgehead atoms. The summed E-state index contributed by atoms with van der Waals surface area (Å²) < 4.78 is 15.0. The van der Waals surface area contributed by atoms with Gasteiger partial charge in [-0.2, -0.15) is 5.26 Å². The molecular formula is C16H21NOS. The molecule has 1 atom stereocenters. The number of aliphatic hydroxyl groups excluding tert-OH is 1. The van der Waals surface area contributed by atoms with Crippen LogP contribution in [-0.4, -0.2) is 10.9 Å². The van der Waals surface area contributed by atoms with Crippen LogP contribution in [0, 0.1) is 17.2 Å². The van der Waals surface area contributed by atoms with Crippen molar-refractivity contribution >= 4 is 11.8 Å². The number of rotatable bonds is 5. The molecule has 1 aromatic carbocycles. The van der Waals surface area contributed by atoms with Crippen molar-refractivity contribution in [3.8, 4) is 6.07 Å². The molecule has 1 N–H and O–H groups in total. The average molecular weight is 277 g/mol. The molecule has 1 unspecified atom stereocenters.